The van der Waals surface area contributed by atoms with E-state index in [0.29, 0.717) is 17.8 Å². The topological polar surface area (TPSA) is 64.5 Å². The summed E-state index contributed by atoms with van der Waals surface area (Å²) in [6, 6.07) is 6.18. The van der Waals surface area contributed by atoms with Gasteiger partial charge in [0.1, 0.15) is 5.82 Å². The van der Waals surface area contributed by atoms with Crippen molar-refractivity contribution in [2.24, 2.45) is 0 Å². The highest BCUT2D eigenvalue weighted by atomic mass is 15.1. The zero-order valence-electron chi connectivity index (χ0n) is 19.1. The van der Waals surface area contributed by atoms with Gasteiger partial charge in [-0.05, 0) is 66.5 Å². The number of nitrogens with zero attached hydrogens (tertiary/aromatic N) is 5. The van der Waals surface area contributed by atoms with Crippen LogP contribution in [0.2, 0.25) is 0 Å². The average molecular weight is 410 g/mol. The molecule has 3 aromatic rings. The van der Waals surface area contributed by atoms with E-state index in [4.69, 9.17) is 0 Å². The largest absolute Gasteiger partial charge is 0.262 e. The first-order valence-corrected chi connectivity index (χ1v) is 10.2. The first-order chi connectivity index (χ1) is 13.7. The van der Waals surface area contributed by atoms with Crippen molar-refractivity contribution in [2.75, 3.05) is 0 Å². The zero-order valence-corrected chi connectivity index (χ0v) is 19.1. The predicted molar refractivity (Wildman–Crippen MR) is 127 cm³/mol. The molecule has 0 N–H and O–H groups in total. The van der Waals surface area contributed by atoms with Crippen LogP contribution in [0.3, 0.4) is 0 Å². The van der Waals surface area contributed by atoms with Crippen LogP contribution in [0, 0.1) is 13.8 Å². The van der Waals surface area contributed by atoms with E-state index in [1.807, 2.05) is 38.5 Å². The molecule has 0 amide bonds. The van der Waals surface area contributed by atoms with E-state index in [1.165, 1.54) is 16.7 Å². The lowest BCUT2D eigenvalue weighted by Gasteiger charge is -2.03. The molecule has 30 heavy (non-hydrogen) atoms. The third-order valence-corrected chi connectivity index (χ3v) is 4.33. The van der Waals surface area contributed by atoms with Crippen molar-refractivity contribution in [3.63, 3.8) is 0 Å². The van der Waals surface area contributed by atoms with E-state index in [-0.39, 0.29) is 7.43 Å². The Morgan fingerprint density at radius 2 is 1.13 bits per heavy atom. The van der Waals surface area contributed by atoms with Crippen molar-refractivity contribution < 1.29 is 0 Å². The van der Waals surface area contributed by atoms with Gasteiger partial charge in [0.25, 0.3) is 0 Å². The number of hydrogen-bond acceptors (Lipinski definition) is 5. The summed E-state index contributed by atoms with van der Waals surface area (Å²) in [5.41, 5.74) is 4.91. The molecule has 0 aliphatic heterocycles. The second-order valence-corrected chi connectivity index (χ2v) is 7.93. The Morgan fingerprint density at radius 3 is 1.50 bits per heavy atom. The van der Waals surface area contributed by atoms with Gasteiger partial charge in [-0.15, -0.1) is 0 Å². The molecule has 3 heterocycles. The molecule has 5 heteroatoms. The molecule has 0 spiro atoms. The summed E-state index contributed by atoms with van der Waals surface area (Å²) in [6.45, 7) is 16.8. The summed E-state index contributed by atoms with van der Waals surface area (Å²) in [5, 5.41) is 7.43. The molecular formula is C25H39N5. The van der Waals surface area contributed by atoms with Crippen molar-refractivity contribution in [1.82, 2.24) is 25.1 Å². The monoisotopic (exact) mass is 409 g/mol. The van der Waals surface area contributed by atoms with Crippen LogP contribution in [0.4, 0.5) is 0 Å². The Kier molecular flexibility index (Phi) is 13.0. The van der Waals surface area contributed by atoms with Crippen molar-refractivity contribution in [2.45, 2.75) is 80.6 Å². The molecule has 0 unspecified atom stereocenters. The molecular weight excluding hydrogens is 370 g/mol. The molecule has 3 aromatic heterocycles. The standard InChI is InChI=1S/C9H13N.C8H12N2.C7H10N2.CH4/c1-7(2)9-4-5-10-8(3)6-9;1-6(2)8-4-9-7(3)10-5-8;1-6(2)7-3-4-8-9-5-7;/h4-7H,1-3H3;4-6H,1-3H3;3-6H,1-2H3;1H4. The molecule has 0 aliphatic rings. The maximum absolute atomic E-state index is 4.12. The van der Waals surface area contributed by atoms with Gasteiger partial charge in [0.05, 0.1) is 6.20 Å². The summed E-state index contributed by atoms with van der Waals surface area (Å²) >= 11 is 0. The third kappa shape index (κ3) is 10.7. The van der Waals surface area contributed by atoms with Gasteiger partial charge in [-0.25, -0.2) is 9.97 Å². The predicted octanol–water partition coefficient (Wildman–Crippen LogP) is 6.66. The van der Waals surface area contributed by atoms with Crippen LogP contribution in [0.5, 0.6) is 0 Å². The van der Waals surface area contributed by atoms with Crippen LogP contribution in [0.15, 0.2) is 49.2 Å². The maximum Gasteiger partial charge on any atom is 0.125 e. The summed E-state index contributed by atoms with van der Waals surface area (Å²) in [7, 11) is 0. The quantitative estimate of drug-likeness (QED) is 0.484. The molecule has 0 saturated carbocycles. The lowest BCUT2D eigenvalue weighted by molar-refractivity contribution is 0.837. The molecule has 0 saturated heterocycles. The van der Waals surface area contributed by atoms with Crippen molar-refractivity contribution in [1.29, 1.82) is 0 Å². The van der Waals surface area contributed by atoms with Gasteiger partial charge in [-0.2, -0.15) is 10.2 Å². The molecule has 5 nitrogen and oxygen atoms in total. The summed E-state index contributed by atoms with van der Waals surface area (Å²) in [6.07, 6.45) is 9.14. The highest BCUT2D eigenvalue weighted by Gasteiger charge is 1.98. The number of rotatable bonds is 3. The molecule has 0 atom stereocenters. The number of hydrogen-bond donors (Lipinski definition) is 0. The summed E-state index contributed by atoms with van der Waals surface area (Å²) < 4.78 is 0. The minimum absolute atomic E-state index is 0. The van der Waals surface area contributed by atoms with E-state index in [2.05, 4.69) is 78.8 Å². The van der Waals surface area contributed by atoms with Gasteiger partial charge >= 0.3 is 0 Å². The van der Waals surface area contributed by atoms with Crippen molar-refractivity contribution >= 4 is 0 Å². The smallest absolute Gasteiger partial charge is 0.125 e. The Morgan fingerprint density at radius 1 is 0.600 bits per heavy atom. The minimum Gasteiger partial charge on any atom is -0.262 e. The first-order valence-electron chi connectivity index (χ1n) is 10.2. The molecule has 0 radical (unpaired) electrons. The minimum atomic E-state index is 0. The fraction of sp³-hybridized carbons (Fsp3) is 0.480. The van der Waals surface area contributed by atoms with Crippen LogP contribution in [0.25, 0.3) is 0 Å². The maximum atomic E-state index is 4.12. The van der Waals surface area contributed by atoms with Gasteiger partial charge in [-0.3, -0.25) is 4.98 Å². The zero-order chi connectivity index (χ0) is 21.8. The lowest BCUT2D eigenvalue weighted by Crippen LogP contribution is -1.92. The Bertz CT molecular complexity index is 812. The fourth-order valence-electron chi connectivity index (χ4n) is 2.27. The van der Waals surface area contributed by atoms with Gasteiger partial charge in [0.2, 0.25) is 0 Å². The van der Waals surface area contributed by atoms with Gasteiger partial charge < -0.3 is 0 Å². The van der Waals surface area contributed by atoms with Gasteiger partial charge in [-0.1, -0.05) is 49.0 Å². The van der Waals surface area contributed by atoms with Gasteiger partial charge in [0.15, 0.2) is 0 Å². The van der Waals surface area contributed by atoms with E-state index >= 15 is 0 Å². The van der Waals surface area contributed by atoms with Crippen LogP contribution in [0.1, 0.15) is 94.9 Å². The normalized spacial score (nSPS) is 9.97. The Hall–Kier alpha value is -2.69. The van der Waals surface area contributed by atoms with Crippen LogP contribution in [-0.4, -0.2) is 25.1 Å². The summed E-state index contributed by atoms with van der Waals surface area (Å²) in [4.78, 5) is 12.3. The number of pyridine rings is 1. The second kappa shape index (κ2) is 14.3. The molecule has 164 valence electrons. The van der Waals surface area contributed by atoms with Crippen LogP contribution >= 0.6 is 0 Å². The fourth-order valence-corrected chi connectivity index (χ4v) is 2.27. The highest BCUT2D eigenvalue weighted by Crippen LogP contribution is 2.13. The van der Waals surface area contributed by atoms with Crippen molar-refractivity contribution in [3.05, 3.63) is 77.4 Å². The molecule has 0 aromatic carbocycles. The van der Waals surface area contributed by atoms with Crippen molar-refractivity contribution in [3.8, 4) is 0 Å². The SMILES string of the molecule is C.CC(C)c1ccnnc1.Cc1cc(C(C)C)ccn1.Cc1ncc(C(C)C)cn1. The lowest BCUT2D eigenvalue weighted by atomic mass is 10.0. The van der Waals surface area contributed by atoms with E-state index in [1.54, 1.807) is 12.4 Å². The molecule has 0 aliphatic carbocycles. The first kappa shape index (κ1) is 27.3. The molecule has 0 fully saturated rings. The second-order valence-electron chi connectivity index (χ2n) is 7.93. The Labute approximate surface area is 183 Å². The van der Waals surface area contributed by atoms with Crippen LogP contribution < -0.4 is 0 Å². The van der Waals surface area contributed by atoms with Gasteiger partial charge in [0, 0.05) is 30.5 Å². The molecule has 0 bridgehead atoms. The molecule has 3 rings (SSSR count). The number of aromatic nitrogens is 5. The summed E-state index contributed by atoms with van der Waals surface area (Å²) in [5.74, 6) is 2.53. The third-order valence-electron chi connectivity index (χ3n) is 4.33. The van der Waals surface area contributed by atoms with E-state index in [0.717, 1.165) is 11.5 Å². The Balaban J connectivity index is 0.000000414. The van der Waals surface area contributed by atoms with Crippen LogP contribution in [-0.2, 0) is 0 Å². The highest BCUT2D eigenvalue weighted by molar-refractivity contribution is 5.18. The van der Waals surface area contributed by atoms with E-state index in [9.17, 15) is 0 Å². The van der Waals surface area contributed by atoms with E-state index < -0.39 is 0 Å². The number of aryl methyl sites for hydroxylation is 2. The average Bonchev–Trinajstić information content (AvgIpc) is 2.70.